The molecule has 1 aliphatic rings. The first-order valence-electron chi connectivity index (χ1n) is 14.2. The van der Waals surface area contributed by atoms with Crippen molar-refractivity contribution in [2.24, 2.45) is 11.8 Å². The number of rotatable bonds is 10. The summed E-state index contributed by atoms with van der Waals surface area (Å²) < 4.78 is 0. The molecule has 0 spiro atoms. The van der Waals surface area contributed by atoms with Crippen LogP contribution in [0.4, 0.5) is 0 Å². The molecule has 2 aromatic carbocycles. The molecule has 0 saturated heterocycles. The van der Waals surface area contributed by atoms with Gasteiger partial charge in [-0.3, -0.25) is 0 Å². The topological polar surface area (TPSA) is 0 Å². The quantitative estimate of drug-likeness (QED) is 0.241. The highest BCUT2D eigenvalue weighted by Gasteiger charge is 2.42. The van der Waals surface area contributed by atoms with Gasteiger partial charge in [-0.05, 0) is 59.4 Å². The third-order valence-electron chi connectivity index (χ3n) is 7.29. The van der Waals surface area contributed by atoms with Gasteiger partial charge in [0.15, 0.2) is 0 Å². The first-order valence-corrected chi connectivity index (χ1v) is 14.2. The van der Waals surface area contributed by atoms with E-state index in [9.17, 15) is 0 Å². The minimum absolute atomic E-state index is 0.0805. The van der Waals surface area contributed by atoms with Gasteiger partial charge in [-0.25, -0.2) is 0 Å². The molecule has 0 amide bonds. The molecule has 0 fully saturated rings. The zero-order valence-electron chi connectivity index (χ0n) is 23.2. The van der Waals surface area contributed by atoms with Crippen LogP contribution in [-0.2, 0) is 5.41 Å². The third-order valence-corrected chi connectivity index (χ3v) is 7.29. The van der Waals surface area contributed by atoms with Crippen LogP contribution in [-0.4, -0.2) is 0 Å². The lowest BCUT2D eigenvalue weighted by Gasteiger charge is -2.33. The second-order valence-corrected chi connectivity index (χ2v) is 11.1. The Labute approximate surface area is 216 Å². The van der Waals surface area contributed by atoms with Gasteiger partial charge in [0.2, 0.25) is 0 Å². The molecule has 0 radical (unpaired) electrons. The predicted molar refractivity (Wildman–Crippen MR) is 154 cm³/mol. The summed E-state index contributed by atoms with van der Waals surface area (Å²) in [5.74, 6) is 14.5. The second-order valence-electron chi connectivity index (χ2n) is 11.1. The summed E-state index contributed by atoms with van der Waals surface area (Å²) in [4.78, 5) is 0. The summed E-state index contributed by atoms with van der Waals surface area (Å²) in [6, 6.07) is 14.0. The Balaban J connectivity index is 2.14. The van der Waals surface area contributed by atoms with Crippen molar-refractivity contribution in [3.63, 3.8) is 0 Å². The molecular formula is C35H46. The Bertz CT molecular complexity index is 1000. The minimum atomic E-state index is 0.0805. The Hall–Kier alpha value is -2.44. The minimum Gasteiger partial charge on any atom is -0.0951 e. The van der Waals surface area contributed by atoms with E-state index in [1.165, 1.54) is 86.5 Å². The molecule has 0 bridgehead atoms. The van der Waals surface area contributed by atoms with Crippen LogP contribution in [0.3, 0.4) is 0 Å². The maximum Gasteiger partial charge on any atom is 0.0248 e. The van der Waals surface area contributed by atoms with Crippen molar-refractivity contribution in [1.82, 2.24) is 0 Å². The van der Waals surface area contributed by atoms with Crippen molar-refractivity contribution >= 4 is 0 Å². The van der Waals surface area contributed by atoms with Crippen LogP contribution >= 0.6 is 0 Å². The summed E-state index contributed by atoms with van der Waals surface area (Å²) in [6.45, 7) is 13.3. The van der Waals surface area contributed by atoms with Gasteiger partial charge in [0.1, 0.15) is 0 Å². The lowest BCUT2D eigenvalue weighted by molar-refractivity contribution is 0.401. The van der Waals surface area contributed by atoms with Crippen molar-refractivity contribution in [2.75, 3.05) is 0 Å². The Morgan fingerprint density at radius 1 is 0.600 bits per heavy atom. The summed E-state index contributed by atoms with van der Waals surface area (Å²) in [6.07, 6.45) is 12.9. The molecule has 0 heteroatoms. The van der Waals surface area contributed by atoms with Gasteiger partial charge in [-0.15, -0.1) is 0 Å². The molecule has 0 aliphatic heterocycles. The fourth-order valence-electron chi connectivity index (χ4n) is 5.48. The highest BCUT2D eigenvalue weighted by atomic mass is 14.4. The SMILES string of the molecule is CCCCCCC1(CCCCCC)c2cc(C#CC(C)C)ccc2-c2ccc(C#CC(C)C)cc21. The molecule has 2 aromatic rings. The van der Waals surface area contributed by atoms with Gasteiger partial charge >= 0.3 is 0 Å². The molecule has 0 unspecified atom stereocenters. The van der Waals surface area contributed by atoms with Crippen LogP contribution in [0.15, 0.2) is 36.4 Å². The van der Waals surface area contributed by atoms with E-state index in [4.69, 9.17) is 0 Å². The van der Waals surface area contributed by atoms with Crippen LogP contribution in [0.5, 0.6) is 0 Å². The van der Waals surface area contributed by atoms with E-state index in [2.05, 4.69) is 102 Å². The van der Waals surface area contributed by atoms with E-state index in [0.29, 0.717) is 11.8 Å². The molecule has 35 heavy (non-hydrogen) atoms. The number of fused-ring (bicyclic) bond motifs is 3. The van der Waals surface area contributed by atoms with Crippen LogP contribution < -0.4 is 0 Å². The van der Waals surface area contributed by atoms with E-state index in [1.807, 2.05) is 0 Å². The van der Waals surface area contributed by atoms with E-state index < -0.39 is 0 Å². The van der Waals surface area contributed by atoms with Crippen molar-refractivity contribution in [1.29, 1.82) is 0 Å². The smallest absolute Gasteiger partial charge is 0.0248 e. The normalized spacial score (nSPS) is 13.1. The lowest BCUT2D eigenvalue weighted by Crippen LogP contribution is -2.26. The van der Waals surface area contributed by atoms with Gasteiger partial charge < -0.3 is 0 Å². The van der Waals surface area contributed by atoms with Gasteiger partial charge in [0, 0.05) is 28.4 Å². The summed E-state index contributed by atoms with van der Waals surface area (Å²) >= 11 is 0. The Morgan fingerprint density at radius 2 is 1.03 bits per heavy atom. The van der Waals surface area contributed by atoms with Crippen LogP contribution in [0.2, 0.25) is 0 Å². The predicted octanol–water partition coefficient (Wildman–Crippen LogP) is 9.91. The molecule has 0 heterocycles. The van der Waals surface area contributed by atoms with Crippen molar-refractivity contribution in [3.8, 4) is 34.8 Å². The first kappa shape index (κ1) is 27.2. The van der Waals surface area contributed by atoms with Gasteiger partial charge in [-0.1, -0.05) is 129 Å². The molecule has 0 aromatic heterocycles. The number of hydrogen-bond acceptors (Lipinski definition) is 0. The Morgan fingerprint density at radius 3 is 1.40 bits per heavy atom. The lowest BCUT2D eigenvalue weighted by atomic mass is 9.70. The zero-order chi connectivity index (χ0) is 25.3. The number of unbranched alkanes of at least 4 members (excludes halogenated alkanes) is 6. The van der Waals surface area contributed by atoms with Gasteiger partial charge in [-0.2, -0.15) is 0 Å². The van der Waals surface area contributed by atoms with Crippen molar-refractivity contribution < 1.29 is 0 Å². The summed E-state index contributed by atoms with van der Waals surface area (Å²) in [5.41, 5.74) is 8.29. The molecule has 0 nitrogen and oxygen atoms in total. The molecule has 0 atom stereocenters. The molecule has 0 N–H and O–H groups in total. The van der Waals surface area contributed by atoms with Crippen LogP contribution in [0.1, 0.15) is 128 Å². The fourth-order valence-corrected chi connectivity index (χ4v) is 5.48. The maximum absolute atomic E-state index is 3.46. The largest absolute Gasteiger partial charge is 0.0951 e. The molecule has 186 valence electrons. The van der Waals surface area contributed by atoms with Crippen LogP contribution in [0, 0.1) is 35.5 Å². The molecular weight excluding hydrogens is 420 g/mol. The van der Waals surface area contributed by atoms with Gasteiger partial charge in [0.05, 0.1) is 0 Å². The average molecular weight is 467 g/mol. The number of benzene rings is 2. The van der Waals surface area contributed by atoms with E-state index in [0.717, 1.165) is 11.1 Å². The van der Waals surface area contributed by atoms with E-state index in [-0.39, 0.29) is 5.41 Å². The third kappa shape index (κ3) is 6.83. The number of hydrogen-bond donors (Lipinski definition) is 0. The standard InChI is InChI=1S/C35H46/c1-7-9-11-13-23-35(24-14-12-10-8-2)33-25-29(17-15-27(3)4)19-21-31(33)32-22-20-30(26-34(32)35)18-16-28(5)6/h19-22,25-28H,7-14,23-24H2,1-6H3. The summed E-state index contributed by atoms with van der Waals surface area (Å²) in [7, 11) is 0. The zero-order valence-corrected chi connectivity index (χ0v) is 23.2. The van der Waals surface area contributed by atoms with Gasteiger partial charge in [0.25, 0.3) is 0 Å². The maximum atomic E-state index is 3.46. The first-order chi connectivity index (χ1) is 16.9. The van der Waals surface area contributed by atoms with E-state index in [1.54, 1.807) is 0 Å². The van der Waals surface area contributed by atoms with Crippen molar-refractivity contribution in [2.45, 2.75) is 111 Å². The fraction of sp³-hybridized carbons (Fsp3) is 0.543. The second kappa shape index (κ2) is 13.0. The molecule has 1 aliphatic carbocycles. The van der Waals surface area contributed by atoms with Crippen LogP contribution in [0.25, 0.3) is 11.1 Å². The molecule has 0 saturated carbocycles. The highest BCUT2D eigenvalue weighted by Crippen LogP contribution is 2.54. The Kier molecular flexibility index (Phi) is 10.1. The van der Waals surface area contributed by atoms with Crippen molar-refractivity contribution in [3.05, 3.63) is 58.7 Å². The van der Waals surface area contributed by atoms with E-state index >= 15 is 0 Å². The average Bonchev–Trinajstić information content (AvgIpc) is 3.11. The molecule has 3 rings (SSSR count). The highest BCUT2D eigenvalue weighted by molar-refractivity contribution is 5.82. The monoisotopic (exact) mass is 466 g/mol. The summed E-state index contributed by atoms with van der Waals surface area (Å²) in [5, 5.41) is 0.